The van der Waals surface area contributed by atoms with Gasteiger partial charge in [0, 0.05) is 23.9 Å². The quantitative estimate of drug-likeness (QED) is 0.173. The summed E-state index contributed by atoms with van der Waals surface area (Å²) in [5, 5.41) is 0. The highest BCUT2D eigenvalue weighted by molar-refractivity contribution is 5.70. The van der Waals surface area contributed by atoms with Crippen LogP contribution >= 0.6 is 0 Å². The summed E-state index contributed by atoms with van der Waals surface area (Å²) < 4.78 is 20.6. The van der Waals surface area contributed by atoms with Crippen molar-refractivity contribution in [1.82, 2.24) is 4.98 Å². The van der Waals surface area contributed by atoms with Gasteiger partial charge in [0.25, 0.3) is 0 Å². The third kappa shape index (κ3) is 8.60. The second-order valence-electron chi connectivity index (χ2n) is 9.08. The number of hydrogen-bond donors (Lipinski definition) is 0. The van der Waals surface area contributed by atoms with E-state index in [2.05, 4.69) is 37.6 Å². The molecular formula is C32H38FNO. The van der Waals surface area contributed by atoms with Crippen molar-refractivity contribution >= 4 is 6.08 Å². The summed E-state index contributed by atoms with van der Waals surface area (Å²) in [6.07, 6.45) is 15.4. The van der Waals surface area contributed by atoms with E-state index in [9.17, 15) is 4.39 Å². The number of halogens is 1. The normalized spacial score (nSPS) is 12.2. The minimum Gasteiger partial charge on any atom is -0.379 e. The van der Waals surface area contributed by atoms with Crippen molar-refractivity contribution in [2.24, 2.45) is 0 Å². The molecule has 184 valence electrons. The first-order valence-corrected chi connectivity index (χ1v) is 12.8. The van der Waals surface area contributed by atoms with E-state index >= 15 is 0 Å². The number of ether oxygens (including phenoxy) is 1. The van der Waals surface area contributed by atoms with Gasteiger partial charge in [0.05, 0.1) is 11.8 Å². The number of rotatable bonds is 14. The monoisotopic (exact) mass is 471 g/mol. The average Bonchev–Trinajstić information content (AvgIpc) is 2.88. The summed E-state index contributed by atoms with van der Waals surface area (Å²) in [7, 11) is 0. The third-order valence-electron chi connectivity index (χ3n) is 6.15. The van der Waals surface area contributed by atoms with Crippen molar-refractivity contribution in [1.29, 1.82) is 0 Å². The van der Waals surface area contributed by atoms with E-state index in [-0.39, 0.29) is 11.9 Å². The fraction of sp³-hybridized carbons (Fsp3) is 0.344. The first kappa shape index (κ1) is 26.6. The maximum Gasteiger partial charge on any atom is 0.131 e. The largest absolute Gasteiger partial charge is 0.379 e. The maximum absolute atomic E-state index is 14.7. The maximum atomic E-state index is 14.7. The lowest BCUT2D eigenvalue weighted by Crippen LogP contribution is -2.08. The molecule has 1 heterocycles. The fourth-order valence-corrected chi connectivity index (χ4v) is 4.01. The molecule has 0 fully saturated rings. The molecule has 1 aromatic heterocycles. The second-order valence-corrected chi connectivity index (χ2v) is 9.08. The van der Waals surface area contributed by atoms with Gasteiger partial charge in [-0.1, -0.05) is 80.5 Å². The van der Waals surface area contributed by atoms with Crippen LogP contribution in [0.3, 0.4) is 0 Å². The number of nitrogens with zero attached hydrogens (tertiary/aromatic N) is 1. The van der Waals surface area contributed by atoms with Crippen molar-refractivity contribution in [3.63, 3.8) is 0 Å². The smallest absolute Gasteiger partial charge is 0.131 e. The molecular weight excluding hydrogens is 433 g/mol. The lowest BCUT2D eigenvalue weighted by Gasteiger charge is -2.12. The van der Waals surface area contributed by atoms with Gasteiger partial charge in [0.2, 0.25) is 0 Å². The summed E-state index contributed by atoms with van der Waals surface area (Å²) in [6.45, 7) is 8.95. The Bertz CT molecular complexity index is 1070. The topological polar surface area (TPSA) is 22.1 Å². The average molecular weight is 472 g/mol. The molecule has 3 rings (SSSR count). The van der Waals surface area contributed by atoms with E-state index in [1.165, 1.54) is 12.8 Å². The van der Waals surface area contributed by atoms with E-state index in [1.807, 2.05) is 60.8 Å². The molecule has 0 radical (unpaired) electrons. The molecule has 2 nitrogen and oxygen atoms in total. The molecule has 3 heteroatoms. The van der Waals surface area contributed by atoms with Gasteiger partial charge < -0.3 is 4.74 Å². The van der Waals surface area contributed by atoms with Crippen LogP contribution in [0.1, 0.15) is 63.5 Å². The van der Waals surface area contributed by atoms with Gasteiger partial charge in [-0.05, 0) is 67.9 Å². The first-order valence-electron chi connectivity index (χ1n) is 12.8. The lowest BCUT2D eigenvalue weighted by molar-refractivity contribution is 0.0566. The highest BCUT2D eigenvalue weighted by Gasteiger charge is 2.06. The van der Waals surface area contributed by atoms with Gasteiger partial charge in [-0.2, -0.15) is 0 Å². The highest BCUT2D eigenvalue weighted by Crippen LogP contribution is 2.26. The molecule has 35 heavy (non-hydrogen) atoms. The number of benzene rings is 2. The Morgan fingerprint density at radius 3 is 2.43 bits per heavy atom. The Hall–Kier alpha value is -3.04. The van der Waals surface area contributed by atoms with Crippen LogP contribution < -0.4 is 0 Å². The van der Waals surface area contributed by atoms with E-state index in [0.29, 0.717) is 5.56 Å². The predicted molar refractivity (Wildman–Crippen MR) is 147 cm³/mol. The molecule has 0 spiro atoms. The zero-order chi connectivity index (χ0) is 24.9. The molecule has 0 aliphatic carbocycles. The summed E-state index contributed by atoms with van der Waals surface area (Å²) in [4.78, 5) is 4.54. The molecule has 0 saturated heterocycles. The van der Waals surface area contributed by atoms with Crippen LogP contribution in [0.2, 0.25) is 0 Å². The zero-order valence-corrected chi connectivity index (χ0v) is 21.2. The van der Waals surface area contributed by atoms with Crippen molar-refractivity contribution in [2.75, 3.05) is 6.61 Å². The summed E-state index contributed by atoms with van der Waals surface area (Å²) >= 11 is 0. The molecule has 0 bridgehead atoms. The fourth-order valence-electron chi connectivity index (χ4n) is 4.01. The summed E-state index contributed by atoms with van der Waals surface area (Å²) in [6, 6.07) is 17.6. The highest BCUT2D eigenvalue weighted by atomic mass is 19.1. The zero-order valence-electron chi connectivity index (χ0n) is 21.2. The van der Waals surface area contributed by atoms with Crippen LogP contribution in [0.4, 0.5) is 4.39 Å². The van der Waals surface area contributed by atoms with Gasteiger partial charge in [-0.3, -0.25) is 4.98 Å². The second kappa shape index (κ2) is 14.4. The molecule has 0 N–H and O–H groups in total. The van der Waals surface area contributed by atoms with Crippen LogP contribution in [0.15, 0.2) is 79.5 Å². The van der Waals surface area contributed by atoms with E-state index in [4.69, 9.17) is 4.74 Å². The van der Waals surface area contributed by atoms with Crippen molar-refractivity contribution < 1.29 is 9.13 Å². The third-order valence-corrected chi connectivity index (χ3v) is 6.15. The molecule has 3 aromatic rings. The number of unbranched alkanes of at least 4 members (excludes halogenated alkanes) is 3. The van der Waals surface area contributed by atoms with Gasteiger partial charge in [0.15, 0.2) is 0 Å². The molecule has 1 atom stereocenters. The van der Waals surface area contributed by atoms with Gasteiger partial charge >= 0.3 is 0 Å². The summed E-state index contributed by atoms with van der Waals surface area (Å²) in [5.74, 6) is -0.199. The van der Waals surface area contributed by atoms with Crippen LogP contribution in [0.25, 0.3) is 28.5 Å². The number of allylic oxidation sites excluding steroid dienone is 2. The molecule has 0 aliphatic heterocycles. The SMILES string of the molecule is C=CCc1ccc(-c2ccc(-c3ccc(/C=C/CCCC(C)OCCCCC)c(F)c3)cc2)nc1. The predicted octanol–water partition coefficient (Wildman–Crippen LogP) is 9.06. The number of aromatic nitrogens is 1. The van der Waals surface area contributed by atoms with E-state index in [1.54, 1.807) is 6.07 Å². The van der Waals surface area contributed by atoms with Gasteiger partial charge in [0.1, 0.15) is 5.82 Å². The van der Waals surface area contributed by atoms with Crippen molar-refractivity contribution in [3.05, 3.63) is 96.5 Å². The standard InChI is InChI=1S/C32H38FNO/c1-4-6-10-22-35-25(3)12-8-7-9-13-28-17-20-30(23-31(28)33)27-15-18-29(19-16-27)32-21-14-26(11-5-2)24-34-32/h5,9,13-21,23-25H,2,4,6-8,10-12,22H2,1,3H3/b13-9+. The van der Waals surface area contributed by atoms with E-state index < -0.39 is 0 Å². The minimum atomic E-state index is -0.199. The Kier molecular flexibility index (Phi) is 10.9. The molecule has 1 unspecified atom stereocenters. The molecule has 0 aliphatic rings. The van der Waals surface area contributed by atoms with Crippen LogP contribution in [-0.4, -0.2) is 17.7 Å². The Labute approximate surface area is 210 Å². The summed E-state index contributed by atoms with van der Waals surface area (Å²) in [5.41, 5.74) is 5.59. The first-order chi connectivity index (χ1) is 17.1. The van der Waals surface area contributed by atoms with Crippen LogP contribution in [-0.2, 0) is 11.2 Å². The van der Waals surface area contributed by atoms with E-state index in [0.717, 1.165) is 66.7 Å². The Morgan fingerprint density at radius 2 is 1.74 bits per heavy atom. The van der Waals surface area contributed by atoms with Crippen molar-refractivity contribution in [2.45, 2.75) is 64.9 Å². The number of hydrogen-bond acceptors (Lipinski definition) is 2. The minimum absolute atomic E-state index is 0.199. The molecule has 2 aromatic carbocycles. The van der Waals surface area contributed by atoms with Crippen LogP contribution in [0.5, 0.6) is 0 Å². The molecule has 0 amide bonds. The van der Waals surface area contributed by atoms with Crippen LogP contribution in [0, 0.1) is 5.82 Å². The van der Waals surface area contributed by atoms with Crippen molar-refractivity contribution in [3.8, 4) is 22.4 Å². The van der Waals surface area contributed by atoms with Gasteiger partial charge in [-0.15, -0.1) is 6.58 Å². The lowest BCUT2D eigenvalue weighted by atomic mass is 10.0. The Morgan fingerprint density at radius 1 is 0.971 bits per heavy atom. The molecule has 0 saturated carbocycles. The Balaban J connectivity index is 1.51. The van der Waals surface area contributed by atoms with Gasteiger partial charge in [-0.25, -0.2) is 4.39 Å². The number of pyridine rings is 1.